The molecule has 6 heteroatoms. The molecule has 23 heavy (non-hydrogen) atoms. The van der Waals surface area contributed by atoms with E-state index in [0.717, 1.165) is 12.8 Å². The van der Waals surface area contributed by atoms with Crippen LogP contribution < -0.4 is 10.6 Å². The third kappa shape index (κ3) is 5.73. The van der Waals surface area contributed by atoms with Gasteiger partial charge >= 0.3 is 5.97 Å². The highest BCUT2D eigenvalue weighted by molar-refractivity contribution is 5.98. The molecule has 0 unspecified atom stereocenters. The Hall–Kier alpha value is -2.37. The van der Waals surface area contributed by atoms with Gasteiger partial charge in [-0.2, -0.15) is 0 Å². The van der Waals surface area contributed by atoms with Crippen molar-refractivity contribution >= 4 is 23.5 Å². The number of esters is 1. The molecule has 2 rings (SSSR count). The van der Waals surface area contributed by atoms with E-state index in [1.807, 2.05) is 0 Å². The van der Waals surface area contributed by atoms with E-state index in [1.165, 1.54) is 0 Å². The van der Waals surface area contributed by atoms with Gasteiger partial charge in [0, 0.05) is 30.1 Å². The first-order valence-electron chi connectivity index (χ1n) is 7.95. The number of nitrogens with one attached hydrogen (secondary N) is 2. The van der Waals surface area contributed by atoms with Gasteiger partial charge in [0.05, 0.1) is 6.61 Å². The number of carbonyl (C=O) groups excluding carboxylic acids is 3. The van der Waals surface area contributed by atoms with Crippen molar-refractivity contribution in [2.45, 2.75) is 32.6 Å². The molecule has 0 spiro atoms. The van der Waals surface area contributed by atoms with E-state index in [9.17, 15) is 14.4 Å². The SMILES string of the molecule is CCOC(=O)CCCNC(=O)c1cccc(NC(=O)C2CC2)c1. The number of hydrogen-bond donors (Lipinski definition) is 2. The maximum absolute atomic E-state index is 12.1. The first kappa shape index (κ1) is 17.0. The van der Waals surface area contributed by atoms with Crippen molar-refractivity contribution in [3.05, 3.63) is 29.8 Å². The molecule has 0 aliphatic heterocycles. The number of hydrogen-bond acceptors (Lipinski definition) is 4. The lowest BCUT2D eigenvalue weighted by Crippen LogP contribution is -2.25. The molecule has 1 fully saturated rings. The molecule has 6 nitrogen and oxygen atoms in total. The summed E-state index contributed by atoms with van der Waals surface area (Å²) in [7, 11) is 0. The van der Waals surface area contributed by atoms with Gasteiger partial charge in [0.15, 0.2) is 0 Å². The minimum atomic E-state index is -0.258. The maximum Gasteiger partial charge on any atom is 0.305 e. The Morgan fingerprint density at radius 3 is 2.74 bits per heavy atom. The Morgan fingerprint density at radius 1 is 1.26 bits per heavy atom. The Labute approximate surface area is 135 Å². The van der Waals surface area contributed by atoms with Gasteiger partial charge in [-0.25, -0.2) is 0 Å². The van der Waals surface area contributed by atoms with Gasteiger partial charge in [-0.15, -0.1) is 0 Å². The standard InChI is InChI=1S/C17H22N2O4/c1-2-23-15(20)7-4-10-18-16(21)13-5-3-6-14(11-13)19-17(22)12-8-9-12/h3,5-6,11-12H,2,4,7-10H2,1H3,(H,18,21)(H,19,22). The van der Waals surface area contributed by atoms with Crippen LogP contribution in [0.25, 0.3) is 0 Å². The molecule has 0 saturated heterocycles. The molecule has 1 aromatic rings. The van der Waals surface area contributed by atoms with E-state index in [1.54, 1.807) is 31.2 Å². The highest BCUT2D eigenvalue weighted by atomic mass is 16.5. The van der Waals surface area contributed by atoms with Crippen molar-refractivity contribution in [3.8, 4) is 0 Å². The molecule has 1 saturated carbocycles. The van der Waals surface area contributed by atoms with Gasteiger partial charge < -0.3 is 15.4 Å². The molecule has 0 bridgehead atoms. The average Bonchev–Trinajstić information content (AvgIpc) is 3.37. The highest BCUT2D eigenvalue weighted by Gasteiger charge is 2.29. The fourth-order valence-corrected chi connectivity index (χ4v) is 2.10. The number of anilines is 1. The van der Waals surface area contributed by atoms with Gasteiger partial charge in [-0.3, -0.25) is 14.4 Å². The number of ether oxygens (including phenoxy) is 1. The fraction of sp³-hybridized carbons (Fsp3) is 0.471. The van der Waals surface area contributed by atoms with Crippen molar-refractivity contribution in [1.29, 1.82) is 0 Å². The van der Waals surface area contributed by atoms with Gasteiger partial charge in [0.25, 0.3) is 5.91 Å². The van der Waals surface area contributed by atoms with Crippen molar-refractivity contribution in [1.82, 2.24) is 5.32 Å². The summed E-state index contributed by atoms with van der Waals surface area (Å²) in [5, 5.41) is 5.57. The van der Waals surface area contributed by atoms with E-state index >= 15 is 0 Å². The summed E-state index contributed by atoms with van der Waals surface area (Å²) in [5.74, 6) is -0.352. The van der Waals surface area contributed by atoms with Gasteiger partial charge in [0.1, 0.15) is 0 Å². The Balaban J connectivity index is 1.77. The molecule has 0 atom stereocenters. The molecular formula is C17H22N2O4. The molecule has 1 aromatic carbocycles. The molecule has 0 aromatic heterocycles. The number of amides is 2. The second-order valence-corrected chi connectivity index (χ2v) is 5.51. The minimum absolute atomic E-state index is 0.0111. The van der Waals surface area contributed by atoms with E-state index in [0.29, 0.717) is 30.8 Å². The van der Waals surface area contributed by atoms with E-state index < -0.39 is 0 Å². The van der Waals surface area contributed by atoms with Crippen LogP contribution in [-0.4, -0.2) is 30.9 Å². The summed E-state index contributed by atoms with van der Waals surface area (Å²) in [6.45, 7) is 2.52. The van der Waals surface area contributed by atoms with Crippen LogP contribution in [0.2, 0.25) is 0 Å². The first-order valence-corrected chi connectivity index (χ1v) is 7.95. The zero-order chi connectivity index (χ0) is 16.7. The second-order valence-electron chi connectivity index (χ2n) is 5.51. The second kappa shape index (κ2) is 8.31. The van der Waals surface area contributed by atoms with E-state index in [2.05, 4.69) is 10.6 Å². The number of carbonyl (C=O) groups is 3. The smallest absolute Gasteiger partial charge is 0.305 e. The average molecular weight is 318 g/mol. The van der Waals surface area contributed by atoms with Gasteiger partial charge in [-0.05, 0) is 44.4 Å². The third-order valence-electron chi connectivity index (χ3n) is 3.49. The van der Waals surface area contributed by atoms with Crippen molar-refractivity contribution in [2.75, 3.05) is 18.5 Å². The summed E-state index contributed by atoms with van der Waals surface area (Å²) in [6, 6.07) is 6.84. The lowest BCUT2D eigenvalue weighted by Gasteiger charge is -2.08. The molecule has 124 valence electrons. The number of benzene rings is 1. The molecular weight excluding hydrogens is 296 g/mol. The highest BCUT2D eigenvalue weighted by Crippen LogP contribution is 2.30. The topological polar surface area (TPSA) is 84.5 Å². The quantitative estimate of drug-likeness (QED) is 0.568. The van der Waals surface area contributed by atoms with Crippen molar-refractivity contribution in [3.63, 3.8) is 0 Å². The number of rotatable bonds is 8. The molecule has 0 heterocycles. The van der Waals surface area contributed by atoms with Gasteiger partial charge in [-0.1, -0.05) is 6.07 Å². The van der Waals surface area contributed by atoms with Crippen LogP contribution >= 0.6 is 0 Å². The molecule has 1 aliphatic rings. The van der Waals surface area contributed by atoms with Gasteiger partial charge in [0.2, 0.25) is 5.91 Å². The fourth-order valence-electron chi connectivity index (χ4n) is 2.10. The first-order chi connectivity index (χ1) is 11.1. The minimum Gasteiger partial charge on any atom is -0.466 e. The predicted octanol–water partition coefficient (Wildman–Crippen LogP) is 2.11. The van der Waals surface area contributed by atoms with Crippen LogP contribution in [0, 0.1) is 5.92 Å². The molecule has 1 aliphatic carbocycles. The van der Waals surface area contributed by atoms with E-state index in [-0.39, 0.29) is 30.1 Å². The van der Waals surface area contributed by atoms with Crippen molar-refractivity contribution in [2.24, 2.45) is 5.92 Å². The molecule has 2 amide bonds. The Bertz CT molecular complexity index is 582. The van der Waals surface area contributed by atoms with Crippen LogP contribution in [0.15, 0.2) is 24.3 Å². The summed E-state index contributed by atoms with van der Waals surface area (Å²) in [4.78, 5) is 35.0. The monoisotopic (exact) mass is 318 g/mol. The van der Waals surface area contributed by atoms with Crippen LogP contribution in [0.4, 0.5) is 5.69 Å². The summed E-state index contributed by atoms with van der Waals surface area (Å²) < 4.78 is 4.82. The largest absolute Gasteiger partial charge is 0.466 e. The van der Waals surface area contributed by atoms with Crippen LogP contribution in [0.3, 0.4) is 0 Å². The summed E-state index contributed by atoms with van der Waals surface area (Å²) in [6.07, 6.45) is 2.69. The molecule has 2 N–H and O–H groups in total. The maximum atomic E-state index is 12.1. The molecule has 0 radical (unpaired) electrons. The Kier molecular flexibility index (Phi) is 6.14. The van der Waals surface area contributed by atoms with Crippen LogP contribution in [0.5, 0.6) is 0 Å². The summed E-state index contributed by atoms with van der Waals surface area (Å²) in [5.41, 5.74) is 1.11. The lowest BCUT2D eigenvalue weighted by atomic mass is 10.1. The normalized spacial score (nSPS) is 13.3. The van der Waals surface area contributed by atoms with Crippen LogP contribution in [0.1, 0.15) is 43.0 Å². The van der Waals surface area contributed by atoms with Crippen LogP contribution in [-0.2, 0) is 14.3 Å². The van der Waals surface area contributed by atoms with E-state index in [4.69, 9.17) is 4.74 Å². The predicted molar refractivity (Wildman–Crippen MR) is 86.0 cm³/mol. The zero-order valence-corrected chi connectivity index (χ0v) is 13.3. The lowest BCUT2D eigenvalue weighted by molar-refractivity contribution is -0.143. The third-order valence-corrected chi connectivity index (χ3v) is 3.49. The Morgan fingerprint density at radius 2 is 2.04 bits per heavy atom. The summed E-state index contributed by atoms with van der Waals surface area (Å²) >= 11 is 0. The zero-order valence-electron chi connectivity index (χ0n) is 13.3. The van der Waals surface area contributed by atoms with Crippen molar-refractivity contribution < 1.29 is 19.1 Å².